The van der Waals surface area contributed by atoms with Gasteiger partial charge in [-0.25, -0.2) is 4.79 Å². The minimum atomic E-state index is -0.914. The van der Waals surface area contributed by atoms with Crippen LogP contribution in [-0.4, -0.2) is 57.3 Å². The molecule has 1 saturated heterocycles. The van der Waals surface area contributed by atoms with E-state index in [1.54, 1.807) is 6.92 Å². The van der Waals surface area contributed by atoms with Crippen molar-refractivity contribution >= 4 is 11.8 Å². The lowest BCUT2D eigenvalue weighted by molar-refractivity contribution is -0.129. The highest BCUT2D eigenvalue weighted by Crippen LogP contribution is 2.27. The summed E-state index contributed by atoms with van der Waals surface area (Å²) in [5.74, 6) is -0.914. The Hall–Kier alpha value is -2.50. The first-order chi connectivity index (χ1) is 12.6. The summed E-state index contributed by atoms with van der Waals surface area (Å²) in [4.78, 5) is 49.1. The Morgan fingerprint density at radius 3 is 2.70 bits per heavy atom. The van der Waals surface area contributed by atoms with Gasteiger partial charge in [-0.05, 0) is 20.8 Å². The summed E-state index contributed by atoms with van der Waals surface area (Å²) in [6, 6.07) is -1.54. The van der Waals surface area contributed by atoms with Gasteiger partial charge in [-0.15, -0.1) is 0 Å². The van der Waals surface area contributed by atoms with E-state index in [1.807, 2.05) is 0 Å². The standard InChI is InChI=1S/C16H25N5O6/c1-7-6-21(16(26)20-13(7)23)12-4-10(22)11(27-12)5-18-15(25)9(3)19-14(24)8(2)17/h6,8-12,22H,4-5,17H2,1-3H3,(H,18,25)(H,19,24)(H,20,23,26)/t8-,9-,10-,11+,12+/m0/s1. The number of hydrogen-bond acceptors (Lipinski definition) is 7. The van der Waals surface area contributed by atoms with E-state index in [4.69, 9.17) is 10.5 Å². The number of carbonyl (C=O) groups is 2. The lowest BCUT2D eigenvalue weighted by Gasteiger charge is -2.19. The predicted octanol–water partition coefficient (Wildman–Crippen LogP) is -2.54. The average Bonchev–Trinajstić information content (AvgIpc) is 2.96. The quantitative estimate of drug-likeness (QED) is 0.360. The molecule has 1 aliphatic rings. The van der Waals surface area contributed by atoms with Gasteiger partial charge in [0.15, 0.2) is 0 Å². The fourth-order valence-electron chi connectivity index (χ4n) is 2.63. The highest BCUT2D eigenvalue weighted by Gasteiger charge is 2.36. The summed E-state index contributed by atoms with van der Waals surface area (Å²) in [6.07, 6.45) is -0.924. The number of aromatic nitrogens is 2. The summed E-state index contributed by atoms with van der Waals surface area (Å²) < 4.78 is 6.86. The maximum atomic E-state index is 12.1. The van der Waals surface area contributed by atoms with Crippen molar-refractivity contribution in [1.82, 2.24) is 20.2 Å². The van der Waals surface area contributed by atoms with Gasteiger partial charge in [0.2, 0.25) is 11.8 Å². The Morgan fingerprint density at radius 2 is 2.07 bits per heavy atom. The molecule has 11 nitrogen and oxygen atoms in total. The number of nitrogens with one attached hydrogen (secondary N) is 3. The van der Waals surface area contributed by atoms with E-state index in [9.17, 15) is 24.3 Å². The molecule has 2 rings (SSSR count). The van der Waals surface area contributed by atoms with Gasteiger partial charge in [0.25, 0.3) is 5.56 Å². The van der Waals surface area contributed by atoms with Gasteiger partial charge in [-0.1, -0.05) is 0 Å². The molecule has 150 valence electrons. The molecule has 1 fully saturated rings. The molecule has 0 radical (unpaired) electrons. The number of aliphatic hydroxyl groups excluding tert-OH is 1. The third-order valence-electron chi connectivity index (χ3n) is 4.30. The van der Waals surface area contributed by atoms with Gasteiger partial charge in [0.05, 0.1) is 12.1 Å². The largest absolute Gasteiger partial charge is 0.390 e. The number of carbonyl (C=O) groups excluding carboxylic acids is 2. The molecule has 1 aliphatic heterocycles. The summed E-state index contributed by atoms with van der Waals surface area (Å²) in [6.45, 7) is 4.55. The zero-order valence-corrected chi connectivity index (χ0v) is 15.4. The highest BCUT2D eigenvalue weighted by atomic mass is 16.5. The average molecular weight is 383 g/mol. The second-order valence-electron chi connectivity index (χ2n) is 6.67. The van der Waals surface area contributed by atoms with Crippen LogP contribution in [-0.2, 0) is 14.3 Å². The molecule has 0 aliphatic carbocycles. The first-order valence-corrected chi connectivity index (χ1v) is 8.59. The molecular formula is C16H25N5O6. The number of aryl methyl sites for hydroxylation is 1. The number of amides is 2. The van der Waals surface area contributed by atoms with Crippen LogP contribution in [0.3, 0.4) is 0 Å². The van der Waals surface area contributed by atoms with E-state index < -0.39 is 53.6 Å². The molecule has 2 amide bonds. The van der Waals surface area contributed by atoms with E-state index in [2.05, 4.69) is 15.6 Å². The monoisotopic (exact) mass is 383 g/mol. The third kappa shape index (κ3) is 5.02. The second-order valence-corrected chi connectivity index (χ2v) is 6.67. The van der Waals surface area contributed by atoms with Gasteiger partial charge in [-0.2, -0.15) is 0 Å². The molecule has 1 aromatic heterocycles. The fourth-order valence-corrected chi connectivity index (χ4v) is 2.63. The number of aromatic amines is 1. The lowest BCUT2D eigenvalue weighted by Crippen LogP contribution is -2.50. The second kappa shape index (κ2) is 8.46. The number of rotatable bonds is 6. The lowest BCUT2D eigenvalue weighted by atomic mass is 10.1. The molecule has 0 bridgehead atoms. The summed E-state index contributed by atoms with van der Waals surface area (Å²) >= 11 is 0. The van der Waals surface area contributed by atoms with Crippen molar-refractivity contribution in [2.75, 3.05) is 6.54 Å². The summed E-state index contributed by atoms with van der Waals surface area (Å²) in [5, 5.41) is 15.2. The van der Waals surface area contributed by atoms with Gasteiger partial charge in [-0.3, -0.25) is 23.9 Å². The molecule has 27 heavy (non-hydrogen) atoms. The van der Waals surface area contributed by atoms with Crippen molar-refractivity contribution in [2.24, 2.45) is 5.73 Å². The molecular weight excluding hydrogens is 358 g/mol. The highest BCUT2D eigenvalue weighted by molar-refractivity contribution is 5.89. The van der Waals surface area contributed by atoms with E-state index in [1.165, 1.54) is 24.6 Å². The zero-order chi connectivity index (χ0) is 20.3. The maximum absolute atomic E-state index is 12.1. The van der Waals surface area contributed by atoms with E-state index in [0.29, 0.717) is 5.56 Å². The molecule has 5 atom stereocenters. The Bertz CT molecular complexity index is 816. The first-order valence-electron chi connectivity index (χ1n) is 8.59. The van der Waals surface area contributed by atoms with Crippen molar-refractivity contribution in [3.05, 3.63) is 32.6 Å². The third-order valence-corrected chi connectivity index (χ3v) is 4.30. The molecule has 0 saturated carbocycles. The van der Waals surface area contributed by atoms with Gasteiger partial charge in [0, 0.05) is 24.7 Å². The van der Waals surface area contributed by atoms with Crippen LogP contribution in [0.25, 0.3) is 0 Å². The van der Waals surface area contributed by atoms with Crippen molar-refractivity contribution in [1.29, 1.82) is 0 Å². The topological polar surface area (TPSA) is 169 Å². The fraction of sp³-hybridized carbons (Fsp3) is 0.625. The minimum absolute atomic E-state index is 0.00796. The van der Waals surface area contributed by atoms with E-state index >= 15 is 0 Å². The van der Waals surface area contributed by atoms with Crippen LogP contribution < -0.4 is 27.6 Å². The number of nitrogens with two attached hydrogens (primary N) is 1. The van der Waals surface area contributed by atoms with Gasteiger partial charge < -0.3 is 26.2 Å². The van der Waals surface area contributed by atoms with E-state index in [0.717, 1.165) is 0 Å². The van der Waals surface area contributed by atoms with Crippen molar-refractivity contribution in [2.45, 2.75) is 57.7 Å². The van der Waals surface area contributed by atoms with Crippen LogP contribution in [0.15, 0.2) is 15.8 Å². The molecule has 6 N–H and O–H groups in total. The molecule has 1 aromatic rings. The number of hydrogen-bond donors (Lipinski definition) is 5. The molecule has 0 unspecified atom stereocenters. The van der Waals surface area contributed by atoms with Gasteiger partial charge >= 0.3 is 5.69 Å². The Morgan fingerprint density at radius 1 is 1.41 bits per heavy atom. The zero-order valence-electron chi connectivity index (χ0n) is 15.4. The SMILES string of the molecule is Cc1cn([C@H]2C[C@H](O)[C@@H](CNC(=O)[C@H](C)NC(=O)[C@H](C)N)O2)c(=O)[nH]c1=O. The predicted molar refractivity (Wildman–Crippen MR) is 94.9 cm³/mol. The number of aliphatic hydroxyl groups is 1. The van der Waals surface area contributed by atoms with Crippen LogP contribution in [0.1, 0.15) is 32.1 Å². The molecule has 11 heteroatoms. The number of H-pyrrole nitrogens is 1. The summed E-state index contributed by atoms with van der Waals surface area (Å²) in [5.41, 5.74) is 4.64. The smallest absolute Gasteiger partial charge is 0.330 e. The Balaban J connectivity index is 1.95. The van der Waals surface area contributed by atoms with Crippen molar-refractivity contribution < 1.29 is 19.4 Å². The van der Waals surface area contributed by atoms with Crippen LogP contribution in [0.5, 0.6) is 0 Å². The molecule has 0 aromatic carbocycles. The first kappa shape index (κ1) is 20.8. The van der Waals surface area contributed by atoms with Crippen LogP contribution in [0.2, 0.25) is 0 Å². The van der Waals surface area contributed by atoms with Crippen molar-refractivity contribution in [3.63, 3.8) is 0 Å². The van der Waals surface area contributed by atoms with Crippen LogP contribution in [0.4, 0.5) is 0 Å². The normalized spacial score (nSPS) is 24.3. The van der Waals surface area contributed by atoms with Gasteiger partial charge in [0.1, 0.15) is 18.4 Å². The minimum Gasteiger partial charge on any atom is -0.390 e. The summed E-state index contributed by atoms with van der Waals surface area (Å²) in [7, 11) is 0. The van der Waals surface area contributed by atoms with E-state index in [-0.39, 0.29) is 13.0 Å². The molecule has 2 heterocycles. The Kier molecular flexibility index (Phi) is 6.52. The van der Waals surface area contributed by atoms with Crippen molar-refractivity contribution in [3.8, 4) is 0 Å². The van der Waals surface area contributed by atoms with Crippen LogP contribution >= 0.6 is 0 Å². The Labute approximate surface area is 154 Å². The van der Waals surface area contributed by atoms with Crippen LogP contribution in [0, 0.1) is 6.92 Å². The number of nitrogens with zero attached hydrogens (tertiary/aromatic N) is 1. The maximum Gasteiger partial charge on any atom is 0.330 e. The molecule has 0 spiro atoms. The number of ether oxygens (including phenoxy) is 1.